The molecule has 20 heavy (non-hydrogen) atoms. The summed E-state index contributed by atoms with van der Waals surface area (Å²) in [5, 5.41) is 3.69. The average molecular weight is 278 g/mol. The van der Waals surface area contributed by atoms with Gasteiger partial charge in [0.15, 0.2) is 0 Å². The van der Waals surface area contributed by atoms with E-state index in [9.17, 15) is 0 Å². The van der Waals surface area contributed by atoms with Crippen LogP contribution in [0.5, 0.6) is 11.5 Å². The molecule has 0 spiro atoms. The molecule has 1 aliphatic rings. The molecule has 1 fully saturated rings. The molecule has 3 N–H and O–H groups in total. The van der Waals surface area contributed by atoms with Crippen molar-refractivity contribution < 1.29 is 9.47 Å². The highest BCUT2D eigenvalue weighted by molar-refractivity contribution is 5.42. The number of benzene rings is 1. The lowest BCUT2D eigenvalue weighted by Gasteiger charge is -2.29. The van der Waals surface area contributed by atoms with E-state index < -0.39 is 0 Å². The zero-order valence-corrected chi connectivity index (χ0v) is 12.5. The van der Waals surface area contributed by atoms with Crippen LogP contribution >= 0.6 is 0 Å². The van der Waals surface area contributed by atoms with Crippen molar-refractivity contribution in [2.45, 2.75) is 44.2 Å². The molecule has 4 nitrogen and oxygen atoms in total. The summed E-state index contributed by atoms with van der Waals surface area (Å²) in [6, 6.07) is 6.55. The largest absolute Gasteiger partial charge is 0.497 e. The molecule has 1 aliphatic carbocycles. The first kappa shape index (κ1) is 15.1. The van der Waals surface area contributed by atoms with Gasteiger partial charge in [-0.2, -0.15) is 0 Å². The van der Waals surface area contributed by atoms with E-state index >= 15 is 0 Å². The lowest BCUT2D eigenvalue weighted by molar-refractivity contribution is 0.331. The van der Waals surface area contributed by atoms with Gasteiger partial charge < -0.3 is 20.5 Å². The van der Waals surface area contributed by atoms with Crippen molar-refractivity contribution in [2.24, 2.45) is 5.73 Å². The molecule has 4 heteroatoms. The highest BCUT2D eigenvalue weighted by Crippen LogP contribution is 2.30. The molecule has 0 bridgehead atoms. The van der Waals surface area contributed by atoms with Crippen LogP contribution in [0.1, 0.15) is 43.7 Å². The first-order valence-corrected chi connectivity index (χ1v) is 7.46. The Morgan fingerprint density at radius 2 is 1.95 bits per heavy atom. The third-order valence-corrected chi connectivity index (χ3v) is 4.09. The van der Waals surface area contributed by atoms with Crippen molar-refractivity contribution in [1.29, 1.82) is 0 Å². The second-order valence-corrected chi connectivity index (χ2v) is 5.40. The van der Waals surface area contributed by atoms with Crippen LogP contribution in [0.2, 0.25) is 0 Å². The Balaban J connectivity index is 2.16. The molecule has 0 saturated heterocycles. The minimum atomic E-state index is 0.114. The second-order valence-electron chi connectivity index (χ2n) is 5.40. The molecule has 1 saturated carbocycles. The van der Waals surface area contributed by atoms with Gasteiger partial charge >= 0.3 is 0 Å². The van der Waals surface area contributed by atoms with Gasteiger partial charge in [0.2, 0.25) is 0 Å². The molecule has 112 valence electrons. The highest BCUT2D eigenvalue weighted by Gasteiger charge is 2.21. The van der Waals surface area contributed by atoms with Gasteiger partial charge in [-0.3, -0.25) is 0 Å². The van der Waals surface area contributed by atoms with Gasteiger partial charge in [-0.25, -0.2) is 0 Å². The first-order chi connectivity index (χ1) is 9.78. The van der Waals surface area contributed by atoms with Crippen molar-refractivity contribution in [3.05, 3.63) is 23.8 Å². The van der Waals surface area contributed by atoms with Gasteiger partial charge in [-0.05, 0) is 31.0 Å². The molecule has 1 aromatic rings. The maximum Gasteiger partial charge on any atom is 0.123 e. The molecule has 0 heterocycles. The molecule has 0 amide bonds. The predicted octanol–water partition coefficient (Wildman–Crippen LogP) is 2.63. The molecule has 2 rings (SSSR count). The molecule has 0 aliphatic heterocycles. The highest BCUT2D eigenvalue weighted by atomic mass is 16.5. The van der Waals surface area contributed by atoms with Crippen LogP contribution in [0.4, 0.5) is 0 Å². The normalized spacial score (nSPS) is 17.8. The lowest BCUT2D eigenvalue weighted by Crippen LogP contribution is -2.38. The molecule has 1 unspecified atom stereocenters. The number of nitrogens with one attached hydrogen (secondary N) is 1. The van der Waals surface area contributed by atoms with Crippen LogP contribution in [-0.2, 0) is 0 Å². The van der Waals surface area contributed by atoms with Crippen LogP contribution in [0.25, 0.3) is 0 Å². The summed E-state index contributed by atoms with van der Waals surface area (Å²) < 4.78 is 10.8. The Labute approximate surface area is 121 Å². The number of nitrogens with two attached hydrogens (primary N) is 1. The van der Waals surface area contributed by atoms with Crippen LogP contribution in [0.15, 0.2) is 18.2 Å². The van der Waals surface area contributed by atoms with E-state index in [0.29, 0.717) is 12.6 Å². The quantitative estimate of drug-likeness (QED) is 0.840. The van der Waals surface area contributed by atoms with Crippen molar-refractivity contribution in [2.75, 3.05) is 20.8 Å². The van der Waals surface area contributed by atoms with Crippen LogP contribution < -0.4 is 20.5 Å². The molecular weight excluding hydrogens is 252 g/mol. The van der Waals surface area contributed by atoms with E-state index in [1.54, 1.807) is 14.2 Å². The maximum atomic E-state index is 5.98. The monoisotopic (exact) mass is 278 g/mol. The summed E-state index contributed by atoms with van der Waals surface area (Å²) in [6.45, 7) is 0.556. The fourth-order valence-corrected chi connectivity index (χ4v) is 2.95. The van der Waals surface area contributed by atoms with Crippen LogP contribution in [-0.4, -0.2) is 26.8 Å². The average Bonchev–Trinajstić information content (AvgIpc) is 2.53. The first-order valence-electron chi connectivity index (χ1n) is 7.46. The number of rotatable bonds is 6. The summed E-state index contributed by atoms with van der Waals surface area (Å²) in [7, 11) is 3.37. The molecular formula is C16H26N2O2. The number of methoxy groups -OCH3 is 2. The van der Waals surface area contributed by atoms with E-state index in [1.165, 1.54) is 32.1 Å². The third-order valence-electron chi connectivity index (χ3n) is 4.09. The van der Waals surface area contributed by atoms with Gasteiger partial charge in [0.05, 0.1) is 14.2 Å². The topological polar surface area (TPSA) is 56.5 Å². The summed E-state index contributed by atoms with van der Waals surface area (Å²) in [5.41, 5.74) is 7.06. The van der Waals surface area contributed by atoms with E-state index in [0.717, 1.165) is 17.1 Å². The Morgan fingerprint density at radius 1 is 1.20 bits per heavy atom. The maximum absolute atomic E-state index is 5.98. The molecule has 1 aromatic carbocycles. The van der Waals surface area contributed by atoms with Crippen LogP contribution in [0, 0.1) is 0 Å². The fourth-order valence-electron chi connectivity index (χ4n) is 2.95. The standard InChI is InChI=1S/C16H26N2O2/c1-19-13-8-9-16(20-2)14(10-13)15(11-17)18-12-6-4-3-5-7-12/h8-10,12,15,18H,3-7,11,17H2,1-2H3. The van der Waals surface area contributed by atoms with Gasteiger partial charge in [0.1, 0.15) is 11.5 Å². The van der Waals surface area contributed by atoms with Gasteiger partial charge in [-0.1, -0.05) is 19.3 Å². The zero-order chi connectivity index (χ0) is 14.4. The van der Waals surface area contributed by atoms with E-state index in [2.05, 4.69) is 5.32 Å². The van der Waals surface area contributed by atoms with E-state index in [-0.39, 0.29) is 6.04 Å². The lowest BCUT2D eigenvalue weighted by atomic mass is 9.93. The van der Waals surface area contributed by atoms with Gasteiger partial charge in [-0.15, -0.1) is 0 Å². The third kappa shape index (κ3) is 3.64. The molecule has 0 radical (unpaired) electrons. The van der Waals surface area contributed by atoms with Gasteiger partial charge in [0, 0.05) is 24.2 Å². The predicted molar refractivity (Wildman–Crippen MR) is 81.4 cm³/mol. The second kappa shape index (κ2) is 7.50. The van der Waals surface area contributed by atoms with Crippen molar-refractivity contribution >= 4 is 0 Å². The Kier molecular flexibility index (Phi) is 5.68. The number of hydrogen-bond donors (Lipinski definition) is 2. The Morgan fingerprint density at radius 3 is 2.55 bits per heavy atom. The fraction of sp³-hybridized carbons (Fsp3) is 0.625. The van der Waals surface area contributed by atoms with E-state index in [4.69, 9.17) is 15.2 Å². The summed E-state index contributed by atoms with van der Waals surface area (Å²) in [4.78, 5) is 0. The minimum absolute atomic E-state index is 0.114. The van der Waals surface area contributed by atoms with Crippen molar-refractivity contribution in [1.82, 2.24) is 5.32 Å². The minimum Gasteiger partial charge on any atom is -0.497 e. The summed E-state index contributed by atoms with van der Waals surface area (Å²) >= 11 is 0. The summed E-state index contributed by atoms with van der Waals surface area (Å²) in [5.74, 6) is 1.70. The Bertz CT molecular complexity index is 417. The Hall–Kier alpha value is -1.26. The van der Waals surface area contributed by atoms with E-state index in [1.807, 2.05) is 18.2 Å². The van der Waals surface area contributed by atoms with Crippen molar-refractivity contribution in [3.8, 4) is 11.5 Å². The summed E-state index contributed by atoms with van der Waals surface area (Å²) in [6.07, 6.45) is 6.45. The smallest absolute Gasteiger partial charge is 0.123 e. The molecule has 1 atom stereocenters. The number of hydrogen-bond acceptors (Lipinski definition) is 4. The zero-order valence-electron chi connectivity index (χ0n) is 12.5. The number of ether oxygens (including phenoxy) is 2. The van der Waals surface area contributed by atoms with Crippen LogP contribution in [0.3, 0.4) is 0 Å². The SMILES string of the molecule is COc1ccc(OC)c(C(CN)NC2CCCCC2)c1. The van der Waals surface area contributed by atoms with Crippen molar-refractivity contribution in [3.63, 3.8) is 0 Å². The van der Waals surface area contributed by atoms with Gasteiger partial charge in [0.25, 0.3) is 0 Å². The molecule has 0 aromatic heterocycles.